The van der Waals surface area contributed by atoms with Crippen LogP contribution in [0.5, 0.6) is 0 Å². The van der Waals surface area contributed by atoms with Crippen molar-refractivity contribution in [2.24, 2.45) is 0 Å². The van der Waals surface area contributed by atoms with E-state index < -0.39 is 5.56 Å². The normalized spacial score (nSPS) is 10.3. The lowest BCUT2D eigenvalue weighted by molar-refractivity contribution is -0.118. The Bertz CT molecular complexity index is 992. The molecule has 0 radical (unpaired) electrons. The molecule has 3 rings (SSSR count). The van der Waals surface area contributed by atoms with E-state index in [2.05, 4.69) is 15.3 Å². The minimum absolute atomic E-state index is 0.0529. The number of hydrogen-bond acceptors (Lipinski definition) is 6. The maximum atomic E-state index is 12.1. The first kappa shape index (κ1) is 17.5. The highest BCUT2D eigenvalue weighted by molar-refractivity contribution is 7.99. The third-order valence-corrected chi connectivity index (χ3v) is 4.31. The van der Waals surface area contributed by atoms with Crippen LogP contribution in [0.4, 0.5) is 0 Å². The first-order valence-corrected chi connectivity index (χ1v) is 8.67. The summed E-state index contributed by atoms with van der Waals surface area (Å²) in [4.78, 5) is 31.0. The van der Waals surface area contributed by atoms with Crippen molar-refractivity contribution in [1.29, 1.82) is 5.26 Å². The van der Waals surface area contributed by atoms with Gasteiger partial charge in [-0.2, -0.15) is 5.26 Å². The van der Waals surface area contributed by atoms with E-state index in [0.717, 1.165) is 11.8 Å². The number of H-pyrrole nitrogens is 1. The molecular weight excluding hydrogens is 352 g/mol. The third-order valence-electron chi connectivity index (χ3n) is 3.44. The molecule has 1 amide bonds. The lowest BCUT2D eigenvalue weighted by Crippen LogP contribution is -2.24. The molecule has 0 fully saturated rings. The minimum Gasteiger partial charge on any atom is -0.467 e. The molecule has 8 heteroatoms. The molecular formula is C18H14N4O3S. The predicted molar refractivity (Wildman–Crippen MR) is 96.3 cm³/mol. The molecule has 2 N–H and O–H groups in total. The summed E-state index contributed by atoms with van der Waals surface area (Å²) >= 11 is 1.09. The van der Waals surface area contributed by atoms with Crippen LogP contribution in [0.1, 0.15) is 11.3 Å². The first-order valence-electron chi connectivity index (χ1n) is 7.69. The maximum Gasteiger partial charge on any atom is 0.270 e. The number of nitrogens with one attached hydrogen (secondary N) is 2. The van der Waals surface area contributed by atoms with Crippen molar-refractivity contribution in [3.05, 3.63) is 70.4 Å². The molecule has 0 spiro atoms. The van der Waals surface area contributed by atoms with Gasteiger partial charge in [-0.25, -0.2) is 4.98 Å². The fourth-order valence-corrected chi connectivity index (χ4v) is 2.90. The zero-order chi connectivity index (χ0) is 18.4. The Kier molecular flexibility index (Phi) is 5.51. The van der Waals surface area contributed by atoms with Gasteiger partial charge in [-0.05, 0) is 12.1 Å². The number of carbonyl (C=O) groups excluding carboxylic acids is 1. The lowest BCUT2D eigenvalue weighted by Gasteiger charge is -2.07. The number of nitrogens with zero attached hydrogens (tertiary/aromatic N) is 2. The highest BCUT2D eigenvalue weighted by Gasteiger charge is 2.14. The van der Waals surface area contributed by atoms with E-state index >= 15 is 0 Å². The Labute approximate surface area is 153 Å². The number of carbonyl (C=O) groups is 1. The second-order valence-electron chi connectivity index (χ2n) is 5.22. The molecule has 0 aliphatic heterocycles. The molecule has 26 heavy (non-hydrogen) atoms. The number of rotatable bonds is 6. The zero-order valence-corrected chi connectivity index (χ0v) is 14.4. The highest BCUT2D eigenvalue weighted by Crippen LogP contribution is 2.21. The van der Waals surface area contributed by atoms with Crippen molar-refractivity contribution in [1.82, 2.24) is 15.3 Å². The molecule has 0 aliphatic rings. The van der Waals surface area contributed by atoms with Gasteiger partial charge in [0.2, 0.25) is 5.91 Å². The SMILES string of the molecule is N#Cc1c(-c2ccccc2)nc(SCC(=O)NCc2ccco2)[nH]c1=O. The van der Waals surface area contributed by atoms with Gasteiger partial charge in [0.1, 0.15) is 17.4 Å². The summed E-state index contributed by atoms with van der Waals surface area (Å²) in [5, 5.41) is 12.2. The van der Waals surface area contributed by atoms with Crippen LogP contribution in [0, 0.1) is 11.3 Å². The number of aromatic amines is 1. The number of amides is 1. The summed E-state index contributed by atoms with van der Waals surface area (Å²) in [6.45, 7) is 0.291. The van der Waals surface area contributed by atoms with Gasteiger partial charge >= 0.3 is 0 Å². The molecule has 0 saturated carbocycles. The van der Waals surface area contributed by atoms with Gasteiger partial charge in [0.25, 0.3) is 5.56 Å². The zero-order valence-electron chi connectivity index (χ0n) is 13.6. The van der Waals surface area contributed by atoms with Crippen molar-refractivity contribution in [3.63, 3.8) is 0 Å². The molecule has 0 bridgehead atoms. The summed E-state index contributed by atoms with van der Waals surface area (Å²) < 4.78 is 5.14. The van der Waals surface area contributed by atoms with Gasteiger partial charge in [0.05, 0.1) is 24.3 Å². The molecule has 0 aliphatic carbocycles. The Hall–Kier alpha value is -3.31. The summed E-state index contributed by atoms with van der Waals surface area (Å²) in [7, 11) is 0. The summed E-state index contributed by atoms with van der Waals surface area (Å²) in [6, 6.07) is 14.4. The van der Waals surface area contributed by atoms with Crippen LogP contribution in [0.25, 0.3) is 11.3 Å². The van der Waals surface area contributed by atoms with Crippen molar-refractivity contribution >= 4 is 17.7 Å². The minimum atomic E-state index is -0.528. The van der Waals surface area contributed by atoms with Crippen LogP contribution >= 0.6 is 11.8 Å². The Balaban J connectivity index is 1.72. The standard InChI is InChI=1S/C18H14N4O3S/c19-9-14-16(12-5-2-1-3-6-12)21-18(22-17(14)24)26-11-15(23)20-10-13-7-4-8-25-13/h1-8H,10-11H2,(H,20,23)(H,21,22,24). The number of benzene rings is 1. The summed E-state index contributed by atoms with van der Waals surface area (Å²) in [6.07, 6.45) is 1.53. The third kappa shape index (κ3) is 4.20. The van der Waals surface area contributed by atoms with E-state index in [0.29, 0.717) is 23.6 Å². The van der Waals surface area contributed by atoms with Crippen LogP contribution in [-0.2, 0) is 11.3 Å². The van der Waals surface area contributed by atoms with Gasteiger partial charge in [0.15, 0.2) is 5.16 Å². The van der Waals surface area contributed by atoms with Crippen LogP contribution in [0.2, 0.25) is 0 Å². The van der Waals surface area contributed by atoms with Crippen molar-refractivity contribution in [2.45, 2.75) is 11.7 Å². The van der Waals surface area contributed by atoms with Crippen LogP contribution < -0.4 is 10.9 Å². The van der Waals surface area contributed by atoms with E-state index in [4.69, 9.17) is 4.42 Å². The number of hydrogen-bond donors (Lipinski definition) is 2. The van der Waals surface area contributed by atoms with Gasteiger partial charge < -0.3 is 14.7 Å². The molecule has 0 atom stereocenters. The van der Waals surface area contributed by atoms with E-state index in [1.807, 2.05) is 12.1 Å². The van der Waals surface area contributed by atoms with Gasteiger partial charge in [-0.1, -0.05) is 42.1 Å². The Morgan fingerprint density at radius 1 is 1.27 bits per heavy atom. The molecule has 3 aromatic rings. The van der Waals surface area contributed by atoms with E-state index in [1.165, 1.54) is 6.26 Å². The molecule has 1 aromatic carbocycles. The van der Waals surface area contributed by atoms with Crippen LogP contribution in [0.15, 0.2) is 63.1 Å². The molecule has 130 valence electrons. The molecule has 0 unspecified atom stereocenters. The van der Waals surface area contributed by atoms with E-state index in [9.17, 15) is 14.9 Å². The smallest absolute Gasteiger partial charge is 0.270 e. The number of thioether (sulfide) groups is 1. The monoisotopic (exact) mass is 366 g/mol. The average molecular weight is 366 g/mol. The molecule has 2 aromatic heterocycles. The Morgan fingerprint density at radius 2 is 2.08 bits per heavy atom. The quantitative estimate of drug-likeness (QED) is 0.511. The second kappa shape index (κ2) is 8.18. The highest BCUT2D eigenvalue weighted by atomic mass is 32.2. The van der Waals surface area contributed by atoms with Crippen molar-refractivity contribution in [3.8, 4) is 17.3 Å². The number of aromatic nitrogens is 2. The average Bonchev–Trinajstić information content (AvgIpc) is 3.18. The van der Waals surface area contributed by atoms with Crippen LogP contribution in [-0.4, -0.2) is 21.6 Å². The molecule has 2 heterocycles. The van der Waals surface area contributed by atoms with Crippen LogP contribution in [0.3, 0.4) is 0 Å². The largest absolute Gasteiger partial charge is 0.467 e. The number of furan rings is 1. The fraction of sp³-hybridized carbons (Fsp3) is 0.111. The summed E-state index contributed by atoms with van der Waals surface area (Å²) in [5.41, 5.74) is 0.386. The topological polar surface area (TPSA) is 112 Å². The fourth-order valence-electron chi connectivity index (χ4n) is 2.21. The number of nitriles is 1. The van der Waals surface area contributed by atoms with E-state index in [-0.39, 0.29) is 22.4 Å². The molecule has 7 nitrogen and oxygen atoms in total. The van der Waals surface area contributed by atoms with Gasteiger partial charge in [-0.15, -0.1) is 0 Å². The predicted octanol–water partition coefficient (Wildman–Crippen LogP) is 2.31. The van der Waals surface area contributed by atoms with Crippen molar-refractivity contribution in [2.75, 3.05) is 5.75 Å². The van der Waals surface area contributed by atoms with E-state index in [1.54, 1.807) is 36.4 Å². The van der Waals surface area contributed by atoms with Crippen molar-refractivity contribution < 1.29 is 9.21 Å². The maximum absolute atomic E-state index is 12.1. The summed E-state index contributed by atoms with van der Waals surface area (Å²) in [5.74, 6) is 0.503. The second-order valence-corrected chi connectivity index (χ2v) is 6.18. The lowest BCUT2D eigenvalue weighted by atomic mass is 10.1. The first-order chi connectivity index (χ1) is 12.7. The van der Waals surface area contributed by atoms with Gasteiger partial charge in [0, 0.05) is 5.56 Å². The molecule has 0 saturated heterocycles. The Morgan fingerprint density at radius 3 is 2.77 bits per heavy atom. The van der Waals surface area contributed by atoms with Gasteiger partial charge in [-0.3, -0.25) is 9.59 Å².